The fourth-order valence-corrected chi connectivity index (χ4v) is 2.56. The second-order valence-electron chi connectivity index (χ2n) is 5.09. The van der Waals surface area contributed by atoms with Crippen LogP contribution in [0.25, 0.3) is 0 Å². The van der Waals surface area contributed by atoms with Crippen molar-refractivity contribution in [3.63, 3.8) is 0 Å². The number of aryl methyl sites for hydroxylation is 2. The van der Waals surface area contributed by atoms with Gasteiger partial charge < -0.3 is 19.6 Å². The van der Waals surface area contributed by atoms with Crippen molar-refractivity contribution in [3.05, 3.63) is 17.0 Å². The van der Waals surface area contributed by atoms with Crippen molar-refractivity contribution in [2.45, 2.75) is 45.3 Å². The van der Waals surface area contributed by atoms with Crippen molar-refractivity contribution in [2.75, 3.05) is 6.54 Å². The average molecular weight is 282 g/mol. The Balaban J connectivity index is 2.00. The molecular formula is C13H18N2O5. The van der Waals surface area contributed by atoms with Crippen LogP contribution < -0.4 is 0 Å². The van der Waals surface area contributed by atoms with Crippen molar-refractivity contribution >= 4 is 11.9 Å². The third-order valence-electron chi connectivity index (χ3n) is 3.65. The molecule has 110 valence electrons. The van der Waals surface area contributed by atoms with Crippen LogP contribution in [0.5, 0.6) is 0 Å². The Morgan fingerprint density at radius 2 is 2.15 bits per heavy atom. The summed E-state index contributed by atoms with van der Waals surface area (Å²) in [6.07, 6.45) is -0.0378. The first-order valence-corrected chi connectivity index (χ1v) is 6.52. The lowest BCUT2D eigenvalue weighted by Crippen LogP contribution is -2.40. The number of β-amino-alcohol motifs (C(OH)–C–C–N with tert-alkyl or cyclic N) is 1. The molecule has 7 heteroatoms. The molecule has 1 aliphatic rings. The minimum atomic E-state index is -1.08. The summed E-state index contributed by atoms with van der Waals surface area (Å²) in [5, 5.41) is 22.4. The molecule has 1 unspecified atom stereocenters. The monoisotopic (exact) mass is 282 g/mol. The van der Waals surface area contributed by atoms with Crippen LogP contribution in [0, 0.1) is 13.8 Å². The van der Waals surface area contributed by atoms with E-state index < -0.39 is 18.1 Å². The predicted molar refractivity (Wildman–Crippen MR) is 68.1 cm³/mol. The summed E-state index contributed by atoms with van der Waals surface area (Å²) in [4.78, 5) is 24.4. The molecule has 0 bridgehead atoms. The van der Waals surface area contributed by atoms with E-state index in [0.717, 1.165) is 11.3 Å². The normalized spacial score (nSPS) is 22.2. The van der Waals surface area contributed by atoms with Crippen LogP contribution in [-0.4, -0.2) is 50.8 Å². The van der Waals surface area contributed by atoms with E-state index in [9.17, 15) is 14.7 Å². The fraction of sp³-hybridized carbons (Fsp3) is 0.615. The summed E-state index contributed by atoms with van der Waals surface area (Å²) in [6.45, 7) is 3.66. The van der Waals surface area contributed by atoms with E-state index in [4.69, 9.17) is 9.63 Å². The number of amides is 1. The zero-order valence-electron chi connectivity index (χ0n) is 11.5. The Hall–Kier alpha value is -1.89. The number of carboxylic acid groups (broad SMARTS) is 1. The molecular weight excluding hydrogens is 264 g/mol. The third-order valence-corrected chi connectivity index (χ3v) is 3.65. The van der Waals surface area contributed by atoms with E-state index in [-0.39, 0.29) is 25.3 Å². The molecule has 2 heterocycles. The topological polar surface area (TPSA) is 104 Å². The van der Waals surface area contributed by atoms with Crippen molar-refractivity contribution < 1.29 is 24.3 Å². The van der Waals surface area contributed by atoms with Crippen LogP contribution >= 0.6 is 0 Å². The van der Waals surface area contributed by atoms with Crippen molar-refractivity contribution in [3.8, 4) is 0 Å². The summed E-state index contributed by atoms with van der Waals surface area (Å²) < 4.78 is 5.02. The fourth-order valence-electron chi connectivity index (χ4n) is 2.56. The molecule has 2 N–H and O–H groups in total. The van der Waals surface area contributed by atoms with Crippen LogP contribution in [0.3, 0.4) is 0 Å². The van der Waals surface area contributed by atoms with Crippen LogP contribution in [0.2, 0.25) is 0 Å². The molecule has 1 aromatic rings. The maximum atomic E-state index is 12.1. The van der Waals surface area contributed by atoms with E-state index in [1.54, 1.807) is 13.8 Å². The molecule has 1 saturated heterocycles. The maximum absolute atomic E-state index is 12.1. The largest absolute Gasteiger partial charge is 0.480 e. The van der Waals surface area contributed by atoms with Gasteiger partial charge in [-0.2, -0.15) is 0 Å². The molecule has 0 aliphatic carbocycles. The van der Waals surface area contributed by atoms with Gasteiger partial charge in [0.2, 0.25) is 5.91 Å². The first-order valence-electron chi connectivity index (χ1n) is 6.52. The number of carboxylic acids is 1. The Kier molecular flexibility index (Phi) is 4.08. The molecule has 0 spiro atoms. The van der Waals surface area contributed by atoms with Gasteiger partial charge in [0, 0.05) is 24.9 Å². The smallest absolute Gasteiger partial charge is 0.326 e. The van der Waals surface area contributed by atoms with Gasteiger partial charge in [0.1, 0.15) is 11.8 Å². The molecule has 2 atom stereocenters. The van der Waals surface area contributed by atoms with Crippen LogP contribution in [0.1, 0.15) is 29.9 Å². The lowest BCUT2D eigenvalue weighted by atomic mass is 10.1. The van der Waals surface area contributed by atoms with E-state index >= 15 is 0 Å². The minimum Gasteiger partial charge on any atom is -0.480 e. The average Bonchev–Trinajstić information content (AvgIpc) is 2.91. The Bertz CT molecular complexity index is 505. The minimum absolute atomic E-state index is 0.0808. The van der Waals surface area contributed by atoms with Gasteiger partial charge in [0.25, 0.3) is 0 Å². The van der Waals surface area contributed by atoms with E-state index in [0.29, 0.717) is 12.2 Å². The van der Waals surface area contributed by atoms with Crippen molar-refractivity contribution in [1.82, 2.24) is 10.1 Å². The highest BCUT2D eigenvalue weighted by atomic mass is 16.5. The summed E-state index contributed by atoms with van der Waals surface area (Å²) >= 11 is 0. The number of aromatic nitrogens is 1. The summed E-state index contributed by atoms with van der Waals surface area (Å²) in [5.74, 6) is -0.673. The van der Waals surface area contributed by atoms with E-state index in [1.165, 1.54) is 4.90 Å². The molecule has 1 aromatic heterocycles. The number of hydrogen-bond donors (Lipinski definition) is 2. The maximum Gasteiger partial charge on any atom is 0.326 e. The zero-order valence-corrected chi connectivity index (χ0v) is 11.5. The quantitative estimate of drug-likeness (QED) is 0.821. The summed E-state index contributed by atoms with van der Waals surface area (Å²) in [5.41, 5.74) is 1.62. The number of likely N-dealkylation sites (tertiary alicyclic amines) is 1. The van der Waals surface area contributed by atoms with Gasteiger partial charge in [-0.05, 0) is 20.3 Å². The highest BCUT2D eigenvalue weighted by molar-refractivity contribution is 5.84. The number of aliphatic hydroxyl groups excluding tert-OH is 1. The zero-order chi connectivity index (χ0) is 14.9. The van der Waals surface area contributed by atoms with E-state index in [1.807, 2.05) is 0 Å². The molecule has 0 radical (unpaired) electrons. The highest BCUT2D eigenvalue weighted by Gasteiger charge is 2.38. The lowest BCUT2D eigenvalue weighted by molar-refractivity contribution is -0.148. The second-order valence-corrected chi connectivity index (χ2v) is 5.09. The molecule has 1 amide bonds. The molecule has 1 fully saturated rings. The van der Waals surface area contributed by atoms with Crippen LogP contribution in [0.15, 0.2) is 4.52 Å². The van der Waals surface area contributed by atoms with Gasteiger partial charge in [0.05, 0.1) is 11.8 Å². The number of aliphatic carboxylic acids is 1. The molecule has 20 heavy (non-hydrogen) atoms. The molecule has 1 aliphatic heterocycles. The molecule has 7 nitrogen and oxygen atoms in total. The summed E-state index contributed by atoms with van der Waals surface area (Å²) in [6, 6.07) is -0.929. The van der Waals surface area contributed by atoms with E-state index in [2.05, 4.69) is 5.16 Å². The van der Waals surface area contributed by atoms with Gasteiger partial charge in [-0.1, -0.05) is 5.16 Å². The SMILES string of the molecule is Cc1noc(C)c1CCC(=O)N1CC(O)C[C@H]1C(=O)O. The third kappa shape index (κ3) is 2.82. The lowest BCUT2D eigenvalue weighted by Gasteiger charge is -2.21. The number of carbonyl (C=O) groups is 2. The van der Waals surface area contributed by atoms with Crippen LogP contribution in [-0.2, 0) is 16.0 Å². The van der Waals surface area contributed by atoms with Crippen LogP contribution in [0.4, 0.5) is 0 Å². The second kappa shape index (κ2) is 5.62. The van der Waals surface area contributed by atoms with Gasteiger partial charge in [-0.25, -0.2) is 4.79 Å². The van der Waals surface area contributed by atoms with Gasteiger partial charge in [-0.15, -0.1) is 0 Å². The van der Waals surface area contributed by atoms with Crippen molar-refractivity contribution in [2.24, 2.45) is 0 Å². The van der Waals surface area contributed by atoms with Gasteiger partial charge in [0.15, 0.2) is 0 Å². The van der Waals surface area contributed by atoms with Gasteiger partial charge >= 0.3 is 5.97 Å². The first kappa shape index (κ1) is 14.5. The number of hydrogen-bond acceptors (Lipinski definition) is 5. The number of aliphatic hydroxyl groups is 1. The highest BCUT2D eigenvalue weighted by Crippen LogP contribution is 2.21. The summed E-state index contributed by atoms with van der Waals surface area (Å²) in [7, 11) is 0. The molecule has 0 saturated carbocycles. The first-order chi connectivity index (χ1) is 9.40. The molecule has 0 aromatic carbocycles. The Morgan fingerprint density at radius 1 is 1.45 bits per heavy atom. The number of carbonyl (C=O) groups excluding carboxylic acids is 1. The standard InChI is InChI=1S/C13H18N2O5/c1-7-10(8(2)20-14-7)3-4-12(17)15-6-9(16)5-11(15)13(18)19/h9,11,16H,3-6H2,1-2H3,(H,18,19)/t9?,11-/m0/s1. The van der Waals surface area contributed by atoms with Crippen molar-refractivity contribution in [1.29, 1.82) is 0 Å². The predicted octanol–water partition coefficient (Wildman–Crippen LogP) is 0.270. The number of rotatable bonds is 4. The molecule has 2 rings (SSSR count). The van der Waals surface area contributed by atoms with Gasteiger partial charge in [-0.3, -0.25) is 4.79 Å². The Morgan fingerprint density at radius 3 is 2.70 bits per heavy atom. The Labute approximate surface area is 116 Å². The number of nitrogens with zero attached hydrogens (tertiary/aromatic N) is 2.